The second-order valence-electron chi connectivity index (χ2n) is 7.91. The third kappa shape index (κ3) is 6.81. The average Bonchev–Trinajstić information content (AvgIpc) is 3.07. The van der Waals surface area contributed by atoms with Crippen LogP contribution in [0.25, 0.3) is 0 Å². The standard InChI is InChI=1S/C20H25ClFN3O6/c1-5-30-18(28)12-9-25(19(29)31-20(2,3)4)10-15(12)24-17(27)16(26)23-11-6-7-13(21)14(22)8-11/h6-8,12,15H,5,9-10H2,1-4H3,(H,23,26)(H,24,27)/t12-,15-/m0/s1. The molecule has 1 fully saturated rings. The largest absolute Gasteiger partial charge is 0.466 e. The first-order chi connectivity index (χ1) is 14.4. The minimum atomic E-state index is -1.07. The van der Waals surface area contributed by atoms with Gasteiger partial charge in [0.1, 0.15) is 11.4 Å². The number of rotatable bonds is 4. The third-order valence-corrected chi connectivity index (χ3v) is 4.57. The van der Waals surface area contributed by atoms with Gasteiger partial charge in [-0.1, -0.05) is 11.6 Å². The minimum Gasteiger partial charge on any atom is -0.466 e. The summed E-state index contributed by atoms with van der Waals surface area (Å²) in [6.07, 6.45) is -0.653. The van der Waals surface area contributed by atoms with Gasteiger partial charge in [-0.15, -0.1) is 0 Å². The molecule has 1 aromatic carbocycles. The van der Waals surface area contributed by atoms with Gasteiger partial charge in [-0.3, -0.25) is 14.4 Å². The molecule has 2 rings (SSSR count). The predicted molar refractivity (Wildman–Crippen MR) is 110 cm³/mol. The monoisotopic (exact) mass is 457 g/mol. The molecule has 1 aliphatic heterocycles. The van der Waals surface area contributed by atoms with E-state index in [9.17, 15) is 23.6 Å². The number of hydrogen-bond donors (Lipinski definition) is 2. The van der Waals surface area contributed by atoms with E-state index in [2.05, 4.69) is 10.6 Å². The molecule has 3 amide bonds. The lowest BCUT2D eigenvalue weighted by atomic mass is 10.0. The molecule has 1 heterocycles. The summed E-state index contributed by atoms with van der Waals surface area (Å²) in [5.41, 5.74) is -0.711. The summed E-state index contributed by atoms with van der Waals surface area (Å²) in [6.45, 7) is 6.76. The molecule has 2 N–H and O–H groups in total. The van der Waals surface area contributed by atoms with Gasteiger partial charge in [0.05, 0.1) is 23.6 Å². The van der Waals surface area contributed by atoms with Crippen LogP contribution in [0.5, 0.6) is 0 Å². The molecule has 0 aromatic heterocycles. The van der Waals surface area contributed by atoms with E-state index in [-0.39, 0.29) is 30.4 Å². The van der Waals surface area contributed by atoms with Crippen LogP contribution in [-0.2, 0) is 23.9 Å². The number of benzene rings is 1. The first-order valence-electron chi connectivity index (χ1n) is 9.62. The van der Waals surface area contributed by atoms with Crippen molar-refractivity contribution in [2.24, 2.45) is 5.92 Å². The van der Waals surface area contributed by atoms with Gasteiger partial charge in [0.25, 0.3) is 0 Å². The molecule has 0 spiro atoms. The number of ether oxygens (including phenoxy) is 2. The van der Waals surface area contributed by atoms with E-state index in [1.54, 1.807) is 27.7 Å². The van der Waals surface area contributed by atoms with Gasteiger partial charge in [0.15, 0.2) is 0 Å². The number of esters is 1. The Morgan fingerprint density at radius 3 is 2.45 bits per heavy atom. The van der Waals surface area contributed by atoms with Gasteiger partial charge in [-0.05, 0) is 45.9 Å². The predicted octanol–water partition coefficient (Wildman–Crippen LogP) is 2.33. The summed E-state index contributed by atoms with van der Waals surface area (Å²) >= 11 is 5.59. The average molecular weight is 458 g/mol. The zero-order valence-electron chi connectivity index (χ0n) is 17.7. The van der Waals surface area contributed by atoms with Gasteiger partial charge < -0.3 is 25.0 Å². The fraction of sp³-hybridized carbons (Fsp3) is 0.500. The number of nitrogens with one attached hydrogen (secondary N) is 2. The second-order valence-corrected chi connectivity index (χ2v) is 8.31. The molecule has 1 aliphatic rings. The van der Waals surface area contributed by atoms with E-state index in [1.807, 2.05) is 0 Å². The first kappa shape index (κ1) is 24.4. The van der Waals surface area contributed by atoms with Crippen molar-refractivity contribution in [1.29, 1.82) is 0 Å². The fourth-order valence-corrected chi connectivity index (χ4v) is 3.03. The third-order valence-electron chi connectivity index (χ3n) is 4.26. The van der Waals surface area contributed by atoms with Crippen molar-refractivity contribution in [2.75, 3.05) is 25.0 Å². The number of amides is 3. The van der Waals surface area contributed by atoms with Gasteiger partial charge in [0, 0.05) is 18.8 Å². The maximum Gasteiger partial charge on any atom is 0.410 e. The van der Waals surface area contributed by atoms with Crippen LogP contribution in [0.2, 0.25) is 5.02 Å². The molecule has 0 saturated carbocycles. The first-order valence-corrected chi connectivity index (χ1v) is 10.0. The number of halogens is 2. The van der Waals surface area contributed by atoms with E-state index < -0.39 is 47.3 Å². The molecule has 0 bridgehead atoms. The van der Waals surface area contributed by atoms with Crippen LogP contribution >= 0.6 is 11.6 Å². The molecule has 0 radical (unpaired) electrons. The van der Waals surface area contributed by atoms with Crippen LogP contribution in [-0.4, -0.2) is 60.1 Å². The summed E-state index contributed by atoms with van der Waals surface area (Å²) < 4.78 is 23.9. The van der Waals surface area contributed by atoms with Crippen LogP contribution < -0.4 is 10.6 Å². The fourth-order valence-electron chi connectivity index (χ4n) is 2.91. The summed E-state index contributed by atoms with van der Waals surface area (Å²) in [5, 5.41) is 4.56. The quantitative estimate of drug-likeness (QED) is 0.530. The van der Waals surface area contributed by atoms with Crippen molar-refractivity contribution in [3.63, 3.8) is 0 Å². The maximum absolute atomic E-state index is 13.5. The number of carbonyl (C=O) groups is 4. The summed E-state index contributed by atoms with van der Waals surface area (Å²) in [7, 11) is 0. The second kappa shape index (κ2) is 9.95. The zero-order chi connectivity index (χ0) is 23.3. The van der Waals surface area contributed by atoms with E-state index in [0.29, 0.717) is 0 Å². The topological polar surface area (TPSA) is 114 Å². The van der Waals surface area contributed by atoms with Crippen molar-refractivity contribution in [3.8, 4) is 0 Å². The Labute approximate surface area is 184 Å². The molecule has 0 unspecified atom stereocenters. The Bertz CT molecular complexity index is 873. The molecule has 1 saturated heterocycles. The number of anilines is 1. The van der Waals surface area contributed by atoms with Crippen molar-refractivity contribution in [2.45, 2.75) is 39.3 Å². The maximum atomic E-state index is 13.5. The van der Waals surface area contributed by atoms with Crippen molar-refractivity contribution >= 4 is 41.2 Å². The highest BCUT2D eigenvalue weighted by molar-refractivity contribution is 6.39. The summed E-state index contributed by atoms with van der Waals surface area (Å²) in [4.78, 5) is 50.5. The number of hydrogen-bond acceptors (Lipinski definition) is 6. The minimum absolute atomic E-state index is 0.0331. The molecule has 9 nitrogen and oxygen atoms in total. The highest BCUT2D eigenvalue weighted by atomic mass is 35.5. The SMILES string of the molecule is CCOC(=O)[C@H]1CN(C(=O)OC(C)(C)C)C[C@@H]1NC(=O)C(=O)Nc1ccc(Cl)c(F)c1. The van der Waals surface area contributed by atoms with E-state index in [0.717, 1.165) is 6.07 Å². The molecule has 170 valence electrons. The van der Waals surface area contributed by atoms with Crippen LogP contribution in [0.4, 0.5) is 14.9 Å². The van der Waals surface area contributed by atoms with Gasteiger partial charge in [0.2, 0.25) is 0 Å². The lowest BCUT2D eigenvalue weighted by Crippen LogP contribution is -2.47. The lowest BCUT2D eigenvalue weighted by Gasteiger charge is -2.24. The molecular formula is C20H25ClFN3O6. The molecule has 2 atom stereocenters. The van der Waals surface area contributed by atoms with Crippen molar-refractivity contribution in [1.82, 2.24) is 10.2 Å². The van der Waals surface area contributed by atoms with E-state index in [1.165, 1.54) is 17.0 Å². The molecule has 1 aromatic rings. The lowest BCUT2D eigenvalue weighted by molar-refractivity contribution is -0.148. The van der Waals surface area contributed by atoms with Crippen LogP contribution in [0.1, 0.15) is 27.7 Å². The molecule has 0 aliphatic carbocycles. The Kier molecular flexibility index (Phi) is 7.83. The van der Waals surface area contributed by atoms with Gasteiger partial charge in [-0.25, -0.2) is 9.18 Å². The van der Waals surface area contributed by atoms with E-state index in [4.69, 9.17) is 21.1 Å². The highest BCUT2D eigenvalue weighted by Crippen LogP contribution is 2.22. The van der Waals surface area contributed by atoms with Gasteiger partial charge in [-0.2, -0.15) is 0 Å². The molecular weight excluding hydrogens is 433 g/mol. The Hall–Kier alpha value is -2.88. The molecule has 31 heavy (non-hydrogen) atoms. The number of likely N-dealkylation sites (tertiary alicyclic amines) is 1. The van der Waals surface area contributed by atoms with E-state index >= 15 is 0 Å². The Morgan fingerprint density at radius 2 is 1.87 bits per heavy atom. The Morgan fingerprint density at radius 1 is 1.19 bits per heavy atom. The smallest absolute Gasteiger partial charge is 0.410 e. The Balaban J connectivity index is 2.08. The highest BCUT2D eigenvalue weighted by Gasteiger charge is 2.43. The van der Waals surface area contributed by atoms with Crippen molar-refractivity contribution in [3.05, 3.63) is 29.0 Å². The van der Waals surface area contributed by atoms with Crippen LogP contribution in [0.3, 0.4) is 0 Å². The number of carbonyl (C=O) groups excluding carboxylic acids is 4. The van der Waals surface area contributed by atoms with Crippen LogP contribution in [0.15, 0.2) is 18.2 Å². The summed E-state index contributed by atoms with van der Waals surface area (Å²) in [5.74, 6) is -4.37. The summed E-state index contributed by atoms with van der Waals surface area (Å²) in [6, 6.07) is 2.66. The molecule has 11 heteroatoms. The number of nitrogens with zero attached hydrogens (tertiary/aromatic N) is 1. The normalized spacial score (nSPS) is 18.3. The van der Waals surface area contributed by atoms with Gasteiger partial charge >= 0.3 is 23.9 Å². The van der Waals surface area contributed by atoms with Crippen molar-refractivity contribution < 1.29 is 33.0 Å². The zero-order valence-corrected chi connectivity index (χ0v) is 18.4. The van der Waals surface area contributed by atoms with Crippen LogP contribution in [0, 0.1) is 11.7 Å².